The molecule has 2 rings (SSSR count). The van der Waals surface area contributed by atoms with Crippen molar-refractivity contribution < 1.29 is 14.3 Å². The molecular weight excluding hydrogens is 288 g/mol. The minimum Gasteiger partial charge on any atom is -0.445 e. The summed E-state index contributed by atoms with van der Waals surface area (Å²) in [5, 5.41) is 5.00. The molecule has 0 saturated heterocycles. The molecule has 0 unspecified atom stereocenters. The first-order valence-corrected chi connectivity index (χ1v) is 7.17. The average molecular weight is 302 g/mol. The van der Waals surface area contributed by atoms with Crippen molar-refractivity contribution in [1.82, 2.24) is 10.3 Å². The Morgan fingerprint density at radius 2 is 2.14 bits per heavy atom. The van der Waals surface area contributed by atoms with E-state index in [1.165, 1.54) is 11.3 Å². The van der Waals surface area contributed by atoms with E-state index in [2.05, 4.69) is 10.3 Å². The number of ether oxygens (including phenoxy) is 1. The van der Waals surface area contributed by atoms with Crippen LogP contribution in [0.2, 0.25) is 0 Å². The Morgan fingerprint density at radius 3 is 2.86 bits per heavy atom. The largest absolute Gasteiger partial charge is 0.445 e. The molecule has 0 atom stereocenters. The molecular formula is C15H14N2O3S. The molecule has 1 N–H and O–H groups in total. The van der Waals surface area contributed by atoms with Crippen LogP contribution in [0.1, 0.15) is 21.1 Å². The van der Waals surface area contributed by atoms with Crippen molar-refractivity contribution >= 4 is 29.8 Å². The second kappa shape index (κ2) is 7.96. The van der Waals surface area contributed by atoms with E-state index >= 15 is 0 Å². The van der Waals surface area contributed by atoms with Crippen LogP contribution in [0.3, 0.4) is 0 Å². The first-order chi connectivity index (χ1) is 10.3. The van der Waals surface area contributed by atoms with Gasteiger partial charge in [-0.3, -0.25) is 4.79 Å². The quantitative estimate of drug-likeness (QED) is 0.833. The number of rotatable bonds is 6. The molecule has 108 valence electrons. The third kappa shape index (κ3) is 5.19. The fraction of sp³-hybridized carbons (Fsp3) is 0.133. The molecule has 0 aliphatic carbocycles. The number of hydrogen-bond acceptors (Lipinski definition) is 5. The lowest BCUT2D eigenvalue weighted by atomic mass is 10.2. The number of carbonyl (C=O) groups excluding carboxylic acids is 2. The van der Waals surface area contributed by atoms with Crippen molar-refractivity contribution in [2.45, 2.75) is 6.61 Å². The van der Waals surface area contributed by atoms with Crippen molar-refractivity contribution in [2.75, 3.05) is 6.54 Å². The Bertz CT molecular complexity index is 623. The van der Waals surface area contributed by atoms with Crippen LogP contribution >= 0.6 is 11.3 Å². The zero-order chi connectivity index (χ0) is 14.9. The molecule has 21 heavy (non-hydrogen) atoms. The predicted octanol–water partition coefficient (Wildman–Crippen LogP) is 2.90. The van der Waals surface area contributed by atoms with Crippen LogP contribution in [0.15, 0.2) is 41.8 Å². The lowest BCUT2D eigenvalue weighted by molar-refractivity contribution is 0.111. The minimum absolute atomic E-state index is 0.242. The summed E-state index contributed by atoms with van der Waals surface area (Å²) in [5.74, 6) is 0. The number of aromatic nitrogens is 1. The Hall–Kier alpha value is -2.47. The van der Waals surface area contributed by atoms with Gasteiger partial charge in [0.25, 0.3) is 0 Å². The Kier molecular flexibility index (Phi) is 5.66. The molecule has 1 aromatic carbocycles. The van der Waals surface area contributed by atoms with Gasteiger partial charge in [-0.05, 0) is 11.6 Å². The molecule has 5 nitrogen and oxygen atoms in total. The van der Waals surface area contributed by atoms with Gasteiger partial charge < -0.3 is 10.1 Å². The van der Waals surface area contributed by atoms with Crippen molar-refractivity contribution in [2.24, 2.45) is 0 Å². The fourth-order valence-corrected chi connectivity index (χ4v) is 2.19. The van der Waals surface area contributed by atoms with E-state index in [9.17, 15) is 9.59 Å². The first kappa shape index (κ1) is 14.9. The van der Waals surface area contributed by atoms with Crippen molar-refractivity contribution in [1.29, 1.82) is 0 Å². The van der Waals surface area contributed by atoms with Gasteiger partial charge in [-0.15, -0.1) is 11.3 Å². The maximum atomic E-state index is 11.5. The number of nitrogens with zero attached hydrogens (tertiary/aromatic N) is 1. The van der Waals surface area contributed by atoms with Gasteiger partial charge in [-0.1, -0.05) is 36.4 Å². The molecule has 1 heterocycles. The highest BCUT2D eigenvalue weighted by Gasteiger charge is 2.00. The molecule has 0 aliphatic rings. The minimum atomic E-state index is -0.476. The SMILES string of the molecule is O=Cc1csc(C=CCNC(=O)OCc2ccccc2)n1. The van der Waals surface area contributed by atoms with Gasteiger partial charge in [0.15, 0.2) is 6.29 Å². The molecule has 0 bridgehead atoms. The van der Waals surface area contributed by atoms with Gasteiger partial charge in [-0.25, -0.2) is 9.78 Å². The highest BCUT2D eigenvalue weighted by atomic mass is 32.1. The lowest BCUT2D eigenvalue weighted by Crippen LogP contribution is -2.24. The van der Waals surface area contributed by atoms with E-state index in [0.717, 1.165) is 10.6 Å². The standard InChI is InChI=1S/C15H14N2O3S/c18-9-13-11-21-14(17-13)7-4-8-16-15(19)20-10-12-5-2-1-3-6-12/h1-7,9,11H,8,10H2,(H,16,19). The molecule has 1 aromatic heterocycles. The van der Waals surface area contributed by atoms with E-state index in [0.29, 0.717) is 18.5 Å². The fourth-order valence-electron chi connectivity index (χ4n) is 1.51. The number of hydrogen-bond donors (Lipinski definition) is 1. The summed E-state index contributed by atoms with van der Waals surface area (Å²) in [7, 11) is 0. The maximum Gasteiger partial charge on any atom is 0.407 e. The van der Waals surface area contributed by atoms with Crippen LogP contribution in [0.25, 0.3) is 6.08 Å². The number of amides is 1. The van der Waals surface area contributed by atoms with Crippen LogP contribution in [0.5, 0.6) is 0 Å². The Balaban J connectivity index is 1.68. The van der Waals surface area contributed by atoms with Gasteiger partial charge >= 0.3 is 6.09 Å². The topological polar surface area (TPSA) is 68.3 Å². The number of benzene rings is 1. The van der Waals surface area contributed by atoms with Crippen LogP contribution in [-0.2, 0) is 11.3 Å². The lowest BCUT2D eigenvalue weighted by Gasteiger charge is -2.04. The smallest absolute Gasteiger partial charge is 0.407 e. The maximum absolute atomic E-state index is 11.5. The van der Waals surface area contributed by atoms with Crippen molar-refractivity contribution in [3.63, 3.8) is 0 Å². The normalized spacial score (nSPS) is 10.5. The van der Waals surface area contributed by atoms with E-state index in [1.54, 1.807) is 17.5 Å². The number of alkyl carbamates (subject to hydrolysis) is 1. The summed E-state index contributed by atoms with van der Waals surface area (Å²) >= 11 is 1.37. The van der Waals surface area contributed by atoms with E-state index in [4.69, 9.17) is 4.74 Å². The number of thiazole rings is 1. The average Bonchev–Trinajstić information content (AvgIpc) is 2.98. The van der Waals surface area contributed by atoms with E-state index in [-0.39, 0.29) is 6.61 Å². The summed E-state index contributed by atoms with van der Waals surface area (Å²) < 4.78 is 5.06. The number of aldehydes is 1. The second-order valence-electron chi connectivity index (χ2n) is 4.07. The van der Waals surface area contributed by atoms with Gasteiger partial charge in [0.05, 0.1) is 0 Å². The number of nitrogens with one attached hydrogen (secondary N) is 1. The molecule has 0 fully saturated rings. The Morgan fingerprint density at radius 1 is 1.33 bits per heavy atom. The highest BCUT2D eigenvalue weighted by Crippen LogP contribution is 2.09. The predicted molar refractivity (Wildman–Crippen MR) is 81.2 cm³/mol. The van der Waals surface area contributed by atoms with Crippen LogP contribution in [0.4, 0.5) is 4.79 Å². The van der Waals surface area contributed by atoms with Crippen LogP contribution < -0.4 is 5.32 Å². The van der Waals surface area contributed by atoms with Crippen LogP contribution in [0, 0.1) is 0 Å². The second-order valence-corrected chi connectivity index (χ2v) is 4.96. The third-order valence-electron chi connectivity index (χ3n) is 2.50. The summed E-state index contributed by atoms with van der Waals surface area (Å²) in [6.07, 6.45) is 3.72. The van der Waals surface area contributed by atoms with E-state index in [1.807, 2.05) is 30.3 Å². The molecule has 6 heteroatoms. The summed E-state index contributed by atoms with van der Waals surface area (Å²) in [5.41, 5.74) is 1.35. The molecule has 0 radical (unpaired) electrons. The molecule has 2 aromatic rings. The van der Waals surface area contributed by atoms with Gasteiger partial charge in [0.2, 0.25) is 0 Å². The number of carbonyl (C=O) groups is 2. The summed E-state index contributed by atoms with van der Waals surface area (Å²) in [4.78, 5) is 26.0. The highest BCUT2D eigenvalue weighted by molar-refractivity contribution is 7.10. The van der Waals surface area contributed by atoms with E-state index < -0.39 is 6.09 Å². The summed E-state index contributed by atoms with van der Waals surface area (Å²) in [6, 6.07) is 9.46. The zero-order valence-corrected chi connectivity index (χ0v) is 12.0. The molecule has 1 amide bonds. The van der Waals surface area contributed by atoms with Gasteiger partial charge in [0.1, 0.15) is 17.3 Å². The third-order valence-corrected chi connectivity index (χ3v) is 3.33. The molecule has 0 spiro atoms. The monoisotopic (exact) mass is 302 g/mol. The Labute approximate surface area is 126 Å². The summed E-state index contributed by atoms with van der Waals surface area (Å²) in [6.45, 7) is 0.579. The first-order valence-electron chi connectivity index (χ1n) is 6.30. The van der Waals surface area contributed by atoms with Gasteiger partial charge in [-0.2, -0.15) is 0 Å². The van der Waals surface area contributed by atoms with Crippen molar-refractivity contribution in [3.05, 3.63) is 58.1 Å². The molecule has 0 saturated carbocycles. The zero-order valence-electron chi connectivity index (χ0n) is 11.2. The van der Waals surface area contributed by atoms with Gasteiger partial charge in [0, 0.05) is 11.9 Å². The van der Waals surface area contributed by atoms with Crippen LogP contribution in [-0.4, -0.2) is 23.9 Å². The van der Waals surface area contributed by atoms with Crippen molar-refractivity contribution in [3.8, 4) is 0 Å². The molecule has 0 aliphatic heterocycles.